The van der Waals surface area contributed by atoms with Crippen LogP contribution in [0.2, 0.25) is 0 Å². The minimum Gasteiger partial charge on any atom is -0.343 e. The van der Waals surface area contributed by atoms with Gasteiger partial charge in [-0.05, 0) is 17.9 Å². The Kier molecular flexibility index (Phi) is 8.20. The number of nitrogens with zero attached hydrogens (tertiary/aromatic N) is 1. The molecular weight excluding hydrogens is 324 g/mol. The maximum Gasteiger partial charge on any atom is 0.224 e. The molecule has 1 atom stereocenters. The second-order valence-corrected chi connectivity index (χ2v) is 8.25. The van der Waals surface area contributed by atoms with Crippen LogP contribution in [0.4, 0.5) is 0 Å². The Hall–Kier alpha value is -2.13. The van der Waals surface area contributed by atoms with E-state index in [0.717, 1.165) is 5.56 Å². The summed E-state index contributed by atoms with van der Waals surface area (Å²) in [5.74, 6) is -1.13. The number of rotatable bonds is 9. The van der Waals surface area contributed by atoms with Crippen LogP contribution in [0, 0.1) is 23.2 Å². The lowest BCUT2D eigenvalue weighted by Gasteiger charge is -2.17. The molecule has 0 aromatic heterocycles. The maximum absolute atomic E-state index is 12.3. The van der Waals surface area contributed by atoms with Crippen LogP contribution in [0.15, 0.2) is 36.4 Å². The van der Waals surface area contributed by atoms with E-state index in [4.69, 9.17) is 5.26 Å². The Labute approximate surface area is 144 Å². The third-order valence-electron chi connectivity index (χ3n) is 3.38. The topological polar surface area (TPSA) is 87.0 Å². The Bertz CT molecular complexity index is 689. The van der Waals surface area contributed by atoms with Crippen LogP contribution in [0.1, 0.15) is 25.8 Å². The van der Waals surface area contributed by atoms with Crippen molar-refractivity contribution in [2.45, 2.75) is 20.3 Å². The van der Waals surface area contributed by atoms with Gasteiger partial charge in [-0.2, -0.15) is 5.26 Å². The van der Waals surface area contributed by atoms with Gasteiger partial charge in [0.2, 0.25) is 5.91 Å². The summed E-state index contributed by atoms with van der Waals surface area (Å²) in [6.45, 7) is 3.76. The third kappa shape index (κ3) is 7.93. The third-order valence-corrected chi connectivity index (χ3v) is 4.99. The van der Waals surface area contributed by atoms with Crippen molar-refractivity contribution in [3.8, 4) is 6.07 Å². The summed E-state index contributed by atoms with van der Waals surface area (Å²) in [5.41, 5.74) is 0.929. The van der Waals surface area contributed by atoms with Gasteiger partial charge in [-0.3, -0.25) is 4.79 Å². The van der Waals surface area contributed by atoms with E-state index < -0.39 is 15.8 Å². The first-order chi connectivity index (χ1) is 11.3. The highest BCUT2D eigenvalue weighted by Crippen LogP contribution is 2.15. The molecule has 1 aromatic rings. The van der Waals surface area contributed by atoms with Gasteiger partial charge in [-0.15, -0.1) is 0 Å². The van der Waals surface area contributed by atoms with Crippen LogP contribution < -0.4 is 5.32 Å². The van der Waals surface area contributed by atoms with E-state index >= 15 is 0 Å². The molecule has 1 rings (SSSR count). The molecule has 0 radical (unpaired) electrons. The molecule has 6 heteroatoms. The van der Waals surface area contributed by atoms with Crippen LogP contribution in [0.5, 0.6) is 0 Å². The van der Waals surface area contributed by atoms with E-state index in [1.54, 1.807) is 12.2 Å². The predicted molar refractivity (Wildman–Crippen MR) is 95.7 cm³/mol. The van der Waals surface area contributed by atoms with E-state index in [2.05, 4.69) is 5.32 Å². The summed E-state index contributed by atoms with van der Waals surface area (Å²) in [7, 11) is -3.40. The highest BCUT2D eigenvalue weighted by molar-refractivity contribution is 7.91. The van der Waals surface area contributed by atoms with E-state index in [1.165, 1.54) is 0 Å². The molecule has 1 N–H and O–H groups in total. The zero-order valence-corrected chi connectivity index (χ0v) is 14.9. The predicted octanol–water partition coefficient (Wildman–Crippen LogP) is 2.42. The van der Waals surface area contributed by atoms with Gasteiger partial charge >= 0.3 is 0 Å². The lowest BCUT2D eigenvalue weighted by Crippen LogP contribution is -2.36. The Morgan fingerprint density at radius 2 is 1.96 bits per heavy atom. The zero-order valence-electron chi connectivity index (χ0n) is 14.1. The van der Waals surface area contributed by atoms with Crippen LogP contribution in [0.25, 0.3) is 6.08 Å². The smallest absolute Gasteiger partial charge is 0.224 e. The summed E-state index contributed by atoms with van der Waals surface area (Å²) < 4.78 is 24.6. The number of sulfone groups is 1. The molecule has 0 heterocycles. The van der Waals surface area contributed by atoms with E-state index in [9.17, 15) is 13.2 Å². The lowest BCUT2D eigenvalue weighted by atomic mass is 9.98. The summed E-state index contributed by atoms with van der Waals surface area (Å²) in [5, 5.41) is 11.0. The monoisotopic (exact) mass is 348 g/mol. The molecule has 0 fully saturated rings. The second-order valence-electron chi connectivity index (χ2n) is 6.09. The molecule has 0 aliphatic rings. The number of amides is 1. The number of carbonyl (C=O) groups excluding carboxylic acids is 1. The molecule has 0 aliphatic carbocycles. The highest BCUT2D eigenvalue weighted by Gasteiger charge is 2.25. The highest BCUT2D eigenvalue weighted by atomic mass is 32.2. The van der Waals surface area contributed by atoms with Gasteiger partial charge in [0.1, 0.15) is 6.54 Å². The first-order valence-electron chi connectivity index (χ1n) is 7.90. The summed E-state index contributed by atoms with van der Waals surface area (Å²) in [6, 6.07) is 11.3. The molecule has 1 unspecified atom stereocenters. The molecule has 5 nitrogen and oxygen atoms in total. The Morgan fingerprint density at radius 3 is 2.54 bits per heavy atom. The summed E-state index contributed by atoms with van der Waals surface area (Å²) >= 11 is 0. The van der Waals surface area contributed by atoms with Gasteiger partial charge < -0.3 is 5.32 Å². The van der Waals surface area contributed by atoms with E-state index in [0.29, 0.717) is 6.42 Å². The van der Waals surface area contributed by atoms with Crippen molar-refractivity contribution >= 4 is 21.8 Å². The van der Waals surface area contributed by atoms with Gasteiger partial charge in [0.15, 0.2) is 9.84 Å². The average molecular weight is 348 g/mol. The van der Waals surface area contributed by atoms with Crippen molar-refractivity contribution in [2.75, 3.05) is 18.1 Å². The first-order valence-corrected chi connectivity index (χ1v) is 9.73. The van der Waals surface area contributed by atoms with Gasteiger partial charge in [-0.25, -0.2) is 8.42 Å². The average Bonchev–Trinajstić information content (AvgIpc) is 2.52. The molecule has 0 bridgehead atoms. The normalized spacial score (nSPS) is 12.9. The maximum atomic E-state index is 12.3. The molecule has 0 spiro atoms. The van der Waals surface area contributed by atoms with E-state index in [1.807, 2.05) is 50.2 Å². The SMILES string of the molecule is CC(C)CC(CS(=O)(=O)C/C=C/c1ccccc1)C(=O)NCC#N. The van der Waals surface area contributed by atoms with Crippen molar-refractivity contribution in [2.24, 2.45) is 11.8 Å². The van der Waals surface area contributed by atoms with Crippen LogP contribution >= 0.6 is 0 Å². The largest absolute Gasteiger partial charge is 0.343 e. The number of hydrogen-bond acceptors (Lipinski definition) is 4. The molecule has 24 heavy (non-hydrogen) atoms. The van der Waals surface area contributed by atoms with Crippen molar-refractivity contribution in [1.29, 1.82) is 5.26 Å². The molecule has 1 amide bonds. The lowest BCUT2D eigenvalue weighted by molar-refractivity contribution is -0.124. The summed E-state index contributed by atoms with van der Waals surface area (Å²) in [6.07, 6.45) is 3.83. The van der Waals surface area contributed by atoms with Gasteiger partial charge in [0.25, 0.3) is 0 Å². The number of nitriles is 1. The standard InChI is InChI=1S/C18H24N2O3S/c1-15(2)13-17(18(21)20-11-10-19)14-24(22,23)12-6-9-16-7-4-3-5-8-16/h3-9,15,17H,11-14H2,1-2H3,(H,20,21)/b9-6+. The van der Waals surface area contributed by atoms with Crippen molar-refractivity contribution in [3.05, 3.63) is 42.0 Å². The molecule has 130 valence electrons. The molecule has 1 aromatic carbocycles. The minimum absolute atomic E-state index is 0.109. The van der Waals surface area contributed by atoms with Gasteiger partial charge in [0, 0.05) is 0 Å². The number of benzene rings is 1. The Morgan fingerprint density at radius 1 is 1.29 bits per heavy atom. The number of nitrogens with one attached hydrogen (secondary N) is 1. The van der Waals surface area contributed by atoms with Crippen LogP contribution in [-0.4, -0.2) is 32.4 Å². The Balaban J connectivity index is 2.70. The van der Waals surface area contributed by atoms with Gasteiger partial charge in [-0.1, -0.05) is 56.3 Å². The fourth-order valence-electron chi connectivity index (χ4n) is 2.36. The molecule has 0 aliphatic heterocycles. The quantitative estimate of drug-likeness (QED) is 0.694. The molecular formula is C18H24N2O3S. The van der Waals surface area contributed by atoms with E-state index in [-0.39, 0.29) is 29.9 Å². The first kappa shape index (κ1) is 19.9. The van der Waals surface area contributed by atoms with Gasteiger partial charge in [0.05, 0.1) is 23.5 Å². The molecule has 0 saturated carbocycles. The number of hydrogen-bond donors (Lipinski definition) is 1. The van der Waals surface area contributed by atoms with Crippen LogP contribution in [-0.2, 0) is 14.6 Å². The second kappa shape index (κ2) is 9.89. The van der Waals surface area contributed by atoms with Crippen LogP contribution in [0.3, 0.4) is 0 Å². The fourth-order valence-corrected chi connectivity index (χ4v) is 3.79. The van der Waals surface area contributed by atoms with Crippen molar-refractivity contribution < 1.29 is 13.2 Å². The summed E-state index contributed by atoms with van der Waals surface area (Å²) in [4.78, 5) is 12.1. The van der Waals surface area contributed by atoms with Crippen molar-refractivity contribution in [1.82, 2.24) is 5.32 Å². The zero-order chi connectivity index (χ0) is 18.0. The number of carbonyl (C=O) groups is 1. The fraction of sp³-hybridized carbons (Fsp3) is 0.444. The van der Waals surface area contributed by atoms with Crippen molar-refractivity contribution in [3.63, 3.8) is 0 Å². The minimum atomic E-state index is -3.40. The molecule has 0 saturated heterocycles.